The van der Waals surface area contributed by atoms with Crippen molar-refractivity contribution < 1.29 is 4.39 Å². The molecule has 0 saturated carbocycles. The molecule has 0 unspecified atom stereocenters. The average molecular weight is 294 g/mol. The van der Waals surface area contributed by atoms with E-state index < -0.39 is 0 Å². The summed E-state index contributed by atoms with van der Waals surface area (Å²) in [6.45, 7) is 6.88. The van der Waals surface area contributed by atoms with Gasteiger partial charge < -0.3 is 0 Å². The highest BCUT2D eigenvalue weighted by Crippen LogP contribution is 2.49. The number of thioether (sulfide) groups is 2. The molecular weight excluding hydrogens is 275 g/mol. The van der Waals surface area contributed by atoms with Gasteiger partial charge in [-0.15, -0.1) is 29.9 Å². The lowest BCUT2D eigenvalue weighted by Gasteiger charge is -2.36. The zero-order valence-corrected chi connectivity index (χ0v) is 13.2. The number of rotatable bonds is 1. The van der Waals surface area contributed by atoms with Crippen LogP contribution in [-0.2, 0) is 0 Å². The summed E-state index contributed by atoms with van der Waals surface area (Å²) in [7, 11) is 0. The van der Waals surface area contributed by atoms with Crippen LogP contribution in [0.25, 0.3) is 0 Å². The Bertz CT molecular complexity index is 488. The number of terminal acetylenes is 1. The summed E-state index contributed by atoms with van der Waals surface area (Å²) >= 11 is 3.84. The summed E-state index contributed by atoms with van der Waals surface area (Å²) in [6.07, 6.45) is 5.24. The third-order valence-electron chi connectivity index (χ3n) is 3.54. The Morgan fingerprint density at radius 2 is 1.89 bits per heavy atom. The van der Waals surface area contributed by atoms with E-state index in [9.17, 15) is 4.39 Å². The zero-order chi connectivity index (χ0) is 14.0. The summed E-state index contributed by atoms with van der Waals surface area (Å²) in [4.78, 5) is 0. The fraction of sp³-hybridized carbons (Fsp3) is 0.500. The van der Waals surface area contributed by atoms with Crippen LogP contribution in [0.5, 0.6) is 0 Å². The topological polar surface area (TPSA) is 0 Å². The summed E-state index contributed by atoms with van der Waals surface area (Å²) in [5, 5.41) is 0. The van der Waals surface area contributed by atoms with Crippen LogP contribution in [0.2, 0.25) is 0 Å². The van der Waals surface area contributed by atoms with E-state index in [1.807, 2.05) is 29.6 Å². The van der Waals surface area contributed by atoms with Crippen LogP contribution in [-0.4, -0.2) is 11.5 Å². The van der Waals surface area contributed by atoms with Crippen molar-refractivity contribution in [2.45, 2.75) is 25.4 Å². The quantitative estimate of drug-likeness (QED) is 0.672. The maximum absolute atomic E-state index is 13.7. The zero-order valence-electron chi connectivity index (χ0n) is 11.6. The molecule has 1 fully saturated rings. The molecular formula is C16H19FS2. The summed E-state index contributed by atoms with van der Waals surface area (Å²) < 4.78 is 14.0. The predicted octanol–water partition coefficient (Wildman–Crippen LogP) is 4.95. The third-order valence-corrected chi connectivity index (χ3v) is 6.70. The Labute approximate surface area is 123 Å². The minimum atomic E-state index is -0.279. The van der Waals surface area contributed by atoms with Gasteiger partial charge in [0.05, 0.1) is 10.1 Å². The van der Waals surface area contributed by atoms with Crippen molar-refractivity contribution in [1.82, 2.24) is 0 Å². The summed E-state index contributed by atoms with van der Waals surface area (Å²) in [5.74, 6) is 5.08. The van der Waals surface area contributed by atoms with Crippen LogP contribution in [0, 0.1) is 29.5 Å². The molecule has 1 aliphatic heterocycles. The van der Waals surface area contributed by atoms with Crippen molar-refractivity contribution in [2.75, 3.05) is 11.5 Å². The molecule has 1 aromatic rings. The molecule has 0 bridgehead atoms. The summed E-state index contributed by atoms with van der Waals surface area (Å²) in [5.41, 5.74) is 1.74. The second kappa shape index (κ2) is 5.81. The van der Waals surface area contributed by atoms with E-state index in [1.165, 1.54) is 0 Å². The molecule has 2 rings (SSSR count). The average Bonchev–Trinajstić information content (AvgIpc) is 2.38. The Hall–Kier alpha value is -0.590. The summed E-state index contributed by atoms with van der Waals surface area (Å²) in [6, 6.07) is 5.26. The van der Waals surface area contributed by atoms with E-state index in [2.05, 4.69) is 26.7 Å². The van der Waals surface area contributed by atoms with Crippen LogP contribution in [0.15, 0.2) is 18.2 Å². The number of halogens is 1. The minimum Gasteiger partial charge on any atom is -0.206 e. The first-order valence-corrected chi connectivity index (χ1v) is 8.51. The highest BCUT2D eigenvalue weighted by atomic mass is 32.2. The predicted molar refractivity (Wildman–Crippen MR) is 84.9 cm³/mol. The largest absolute Gasteiger partial charge is 0.206 e. The molecule has 3 heteroatoms. The first kappa shape index (κ1) is 14.8. The Morgan fingerprint density at radius 1 is 1.26 bits per heavy atom. The van der Waals surface area contributed by atoms with Gasteiger partial charge in [-0.25, -0.2) is 4.39 Å². The van der Waals surface area contributed by atoms with Gasteiger partial charge >= 0.3 is 0 Å². The molecule has 102 valence electrons. The fourth-order valence-electron chi connectivity index (χ4n) is 1.99. The maximum atomic E-state index is 13.7. The fourth-order valence-corrected chi connectivity index (χ4v) is 5.72. The van der Waals surface area contributed by atoms with Gasteiger partial charge in [0.2, 0.25) is 0 Å². The van der Waals surface area contributed by atoms with Gasteiger partial charge in [0.1, 0.15) is 5.82 Å². The van der Waals surface area contributed by atoms with Gasteiger partial charge in [0.15, 0.2) is 0 Å². The van der Waals surface area contributed by atoms with Gasteiger partial charge in [-0.3, -0.25) is 0 Å². The van der Waals surface area contributed by atoms with Crippen molar-refractivity contribution in [3.8, 4) is 12.3 Å². The first-order chi connectivity index (χ1) is 8.91. The SMILES string of the molecule is C#Cc1ccc([C@H]2SC[C@H](C(C)(C)C)CS2)cc1F. The lowest BCUT2D eigenvalue weighted by atomic mass is 9.83. The van der Waals surface area contributed by atoms with Gasteiger partial charge in [-0.2, -0.15) is 0 Å². The number of benzene rings is 1. The molecule has 0 aliphatic carbocycles. The van der Waals surface area contributed by atoms with Crippen molar-refractivity contribution in [1.29, 1.82) is 0 Å². The molecule has 0 amide bonds. The van der Waals surface area contributed by atoms with E-state index in [1.54, 1.807) is 12.1 Å². The first-order valence-electron chi connectivity index (χ1n) is 6.41. The van der Waals surface area contributed by atoms with Crippen LogP contribution in [0.4, 0.5) is 4.39 Å². The van der Waals surface area contributed by atoms with E-state index >= 15 is 0 Å². The Balaban J connectivity index is 2.06. The van der Waals surface area contributed by atoms with Gasteiger partial charge in [-0.1, -0.05) is 32.8 Å². The molecule has 0 N–H and O–H groups in total. The molecule has 0 spiro atoms. The standard InChI is InChI=1S/C16H19FS2/c1-5-11-6-7-12(8-14(11)17)15-18-9-13(10-19-15)16(2,3)4/h1,6-8,13,15H,9-10H2,2-4H3/t13-,15-. The lowest BCUT2D eigenvalue weighted by molar-refractivity contribution is 0.292. The molecule has 1 aliphatic rings. The number of hydrogen-bond acceptors (Lipinski definition) is 2. The van der Waals surface area contributed by atoms with Crippen molar-refractivity contribution in [3.05, 3.63) is 35.1 Å². The van der Waals surface area contributed by atoms with E-state index in [-0.39, 0.29) is 5.82 Å². The second-order valence-electron chi connectivity index (χ2n) is 5.95. The highest BCUT2D eigenvalue weighted by Gasteiger charge is 2.31. The lowest BCUT2D eigenvalue weighted by Crippen LogP contribution is -2.27. The third kappa shape index (κ3) is 3.49. The van der Waals surface area contributed by atoms with Gasteiger partial charge in [0, 0.05) is 0 Å². The highest BCUT2D eigenvalue weighted by molar-refractivity contribution is 8.16. The van der Waals surface area contributed by atoms with E-state index in [4.69, 9.17) is 6.42 Å². The molecule has 1 heterocycles. The normalized spacial score (nSPS) is 23.9. The number of hydrogen-bond donors (Lipinski definition) is 0. The molecule has 0 aromatic heterocycles. The Kier molecular flexibility index (Phi) is 4.53. The van der Waals surface area contributed by atoms with Crippen molar-refractivity contribution in [2.24, 2.45) is 11.3 Å². The molecule has 19 heavy (non-hydrogen) atoms. The maximum Gasteiger partial charge on any atom is 0.139 e. The van der Waals surface area contributed by atoms with Crippen LogP contribution >= 0.6 is 23.5 Å². The van der Waals surface area contributed by atoms with E-state index in [0.29, 0.717) is 21.5 Å². The monoisotopic (exact) mass is 294 g/mol. The minimum absolute atomic E-state index is 0.279. The van der Waals surface area contributed by atoms with E-state index in [0.717, 1.165) is 17.1 Å². The van der Waals surface area contributed by atoms with Crippen molar-refractivity contribution in [3.63, 3.8) is 0 Å². The second-order valence-corrected chi connectivity index (χ2v) is 8.52. The molecule has 0 radical (unpaired) electrons. The molecule has 0 nitrogen and oxygen atoms in total. The molecule has 0 atom stereocenters. The molecule has 1 saturated heterocycles. The van der Waals surface area contributed by atoms with Crippen LogP contribution in [0.1, 0.15) is 36.5 Å². The van der Waals surface area contributed by atoms with Gasteiger partial charge in [0.25, 0.3) is 0 Å². The van der Waals surface area contributed by atoms with Crippen LogP contribution in [0.3, 0.4) is 0 Å². The Morgan fingerprint density at radius 3 is 2.37 bits per heavy atom. The van der Waals surface area contributed by atoms with Crippen molar-refractivity contribution >= 4 is 23.5 Å². The van der Waals surface area contributed by atoms with Gasteiger partial charge in [-0.05, 0) is 40.5 Å². The van der Waals surface area contributed by atoms with Crippen LogP contribution < -0.4 is 0 Å². The molecule has 1 aromatic carbocycles. The smallest absolute Gasteiger partial charge is 0.139 e.